The number of benzene rings is 1. The van der Waals surface area contributed by atoms with Crippen molar-refractivity contribution in [3.05, 3.63) is 52.8 Å². The summed E-state index contributed by atoms with van der Waals surface area (Å²) in [4.78, 5) is 10.7. The molecule has 0 aliphatic heterocycles. The average molecular weight is 214 g/mol. The van der Waals surface area contributed by atoms with Gasteiger partial charge < -0.3 is 0 Å². The minimum absolute atomic E-state index is 0.661. The molecule has 0 N–H and O–H groups in total. The number of hydrogen-bond acceptors (Lipinski definition) is 2. The lowest BCUT2D eigenvalue weighted by Gasteiger charge is -2.07. The van der Waals surface area contributed by atoms with Crippen LogP contribution in [0, 0.1) is 13.8 Å². The van der Waals surface area contributed by atoms with Gasteiger partial charge in [0.25, 0.3) is 0 Å². The van der Waals surface area contributed by atoms with Crippen LogP contribution in [0.25, 0.3) is 0 Å². The van der Waals surface area contributed by atoms with Gasteiger partial charge in [0.05, 0.1) is 18.3 Å². The smallest absolute Gasteiger partial charge is 0.153 e. The van der Waals surface area contributed by atoms with Gasteiger partial charge in [-0.3, -0.25) is 9.48 Å². The zero-order chi connectivity index (χ0) is 11.5. The first kappa shape index (κ1) is 10.6. The van der Waals surface area contributed by atoms with Crippen molar-refractivity contribution in [3.8, 4) is 0 Å². The Morgan fingerprint density at radius 1 is 1.31 bits per heavy atom. The van der Waals surface area contributed by atoms with Crippen molar-refractivity contribution >= 4 is 6.29 Å². The first-order valence-electron chi connectivity index (χ1n) is 5.24. The Hall–Kier alpha value is -1.90. The Labute approximate surface area is 94.7 Å². The summed E-state index contributed by atoms with van der Waals surface area (Å²) in [5, 5.41) is 4.21. The first-order chi connectivity index (χ1) is 7.72. The molecule has 0 unspecified atom stereocenters. The van der Waals surface area contributed by atoms with Gasteiger partial charge >= 0.3 is 0 Å². The molecule has 1 aromatic heterocycles. The van der Waals surface area contributed by atoms with E-state index < -0.39 is 0 Å². The highest BCUT2D eigenvalue weighted by molar-refractivity contribution is 5.75. The van der Waals surface area contributed by atoms with E-state index in [1.165, 1.54) is 11.1 Å². The summed E-state index contributed by atoms with van der Waals surface area (Å²) < 4.78 is 1.85. The summed E-state index contributed by atoms with van der Waals surface area (Å²) in [5.74, 6) is 0. The molecular formula is C13H14N2O. The summed E-state index contributed by atoms with van der Waals surface area (Å²) in [5.41, 5.74) is 4.04. The highest BCUT2D eigenvalue weighted by atomic mass is 16.1. The van der Waals surface area contributed by atoms with E-state index in [9.17, 15) is 4.79 Å². The normalized spacial score (nSPS) is 10.4. The van der Waals surface area contributed by atoms with Crippen LogP contribution in [0.1, 0.15) is 27.2 Å². The maximum Gasteiger partial charge on any atom is 0.153 e. The monoisotopic (exact) mass is 214 g/mol. The van der Waals surface area contributed by atoms with Crippen LogP contribution in [0.5, 0.6) is 0 Å². The lowest BCUT2D eigenvalue weighted by atomic mass is 10.1. The molecular weight excluding hydrogens is 200 g/mol. The van der Waals surface area contributed by atoms with Crippen molar-refractivity contribution in [1.82, 2.24) is 9.78 Å². The lowest BCUT2D eigenvalue weighted by Crippen LogP contribution is -2.05. The van der Waals surface area contributed by atoms with Crippen LogP contribution in [-0.4, -0.2) is 16.1 Å². The minimum Gasteiger partial charge on any atom is -0.298 e. The molecule has 16 heavy (non-hydrogen) atoms. The van der Waals surface area contributed by atoms with Crippen LogP contribution >= 0.6 is 0 Å². The predicted molar refractivity (Wildman–Crippen MR) is 62.6 cm³/mol. The summed E-state index contributed by atoms with van der Waals surface area (Å²) in [6.07, 6.45) is 2.46. The largest absolute Gasteiger partial charge is 0.298 e. The van der Waals surface area contributed by atoms with Gasteiger partial charge in [-0.1, -0.05) is 24.3 Å². The van der Waals surface area contributed by atoms with Crippen molar-refractivity contribution in [2.45, 2.75) is 20.4 Å². The summed E-state index contributed by atoms with van der Waals surface area (Å²) >= 11 is 0. The Balaban J connectivity index is 2.31. The third kappa shape index (κ3) is 1.89. The van der Waals surface area contributed by atoms with Crippen molar-refractivity contribution < 1.29 is 4.79 Å². The van der Waals surface area contributed by atoms with Gasteiger partial charge in [0.2, 0.25) is 0 Å². The van der Waals surface area contributed by atoms with Gasteiger partial charge in [-0.2, -0.15) is 5.10 Å². The van der Waals surface area contributed by atoms with Crippen LogP contribution < -0.4 is 0 Å². The Bertz CT molecular complexity index is 514. The van der Waals surface area contributed by atoms with Crippen LogP contribution in [-0.2, 0) is 6.54 Å². The standard InChI is InChI=1S/C13H14N2O/c1-10-5-3-4-6-12(10)8-15-11(2)13(9-16)7-14-15/h3-7,9H,8H2,1-2H3. The summed E-state index contributed by atoms with van der Waals surface area (Å²) in [6.45, 7) is 4.70. The Morgan fingerprint density at radius 2 is 2.06 bits per heavy atom. The molecule has 0 atom stereocenters. The molecule has 0 saturated heterocycles. The van der Waals surface area contributed by atoms with Crippen molar-refractivity contribution in [3.63, 3.8) is 0 Å². The van der Waals surface area contributed by atoms with Crippen LogP contribution in [0.4, 0.5) is 0 Å². The van der Waals surface area contributed by atoms with Gasteiger partial charge in [0.1, 0.15) is 0 Å². The highest BCUT2D eigenvalue weighted by Gasteiger charge is 2.06. The fraction of sp³-hybridized carbons (Fsp3) is 0.231. The molecule has 3 nitrogen and oxygen atoms in total. The second-order valence-corrected chi connectivity index (χ2v) is 3.89. The number of carbonyl (C=O) groups is 1. The van der Waals surface area contributed by atoms with Crippen LogP contribution in [0.2, 0.25) is 0 Å². The molecule has 0 aliphatic rings. The topological polar surface area (TPSA) is 34.9 Å². The van der Waals surface area contributed by atoms with E-state index in [2.05, 4.69) is 24.2 Å². The molecule has 0 radical (unpaired) electrons. The maximum atomic E-state index is 10.7. The number of rotatable bonds is 3. The molecule has 0 aliphatic carbocycles. The zero-order valence-corrected chi connectivity index (χ0v) is 9.47. The molecule has 0 saturated carbocycles. The predicted octanol–water partition coefficient (Wildman–Crippen LogP) is 2.36. The molecule has 3 heteroatoms. The van der Waals surface area contributed by atoms with E-state index in [-0.39, 0.29) is 0 Å². The number of aromatic nitrogens is 2. The van der Waals surface area contributed by atoms with Gasteiger partial charge in [0.15, 0.2) is 6.29 Å². The SMILES string of the molecule is Cc1ccccc1Cn1ncc(C=O)c1C. The Kier molecular flexibility index (Phi) is 2.86. The Morgan fingerprint density at radius 3 is 2.69 bits per heavy atom. The van der Waals surface area contributed by atoms with Gasteiger partial charge in [0, 0.05) is 5.69 Å². The summed E-state index contributed by atoms with van der Waals surface area (Å²) in [6, 6.07) is 8.19. The molecule has 0 amide bonds. The van der Waals surface area contributed by atoms with Crippen LogP contribution in [0.3, 0.4) is 0 Å². The third-order valence-electron chi connectivity index (χ3n) is 2.85. The lowest BCUT2D eigenvalue weighted by molar-refractivity contribution is 0.112. The second kappa shape index (κ2) is 4.31. The zero-order valence-electron chi connectivity index (χ0n) is 9.47. The van der Waals surface area contributed by atoms with Gasteiger partial charge in [-0.25, -0.2) is 0 Å². The molecule has 0 bridgehead atoms. The number of nitrogens with zero attached hydrogens (tertiary/aromatic N) is 2. The second-order valence-electron chi connectivity index (χ2n) is 3.89. The number of carbonyl (C=O) groups excluding carboxylic acids is 1. The van der Waals surface area contributed by atoms with E-state index in [0.717, 1.165) is 12.0 Å². The molecule has 1 aromatic carbocycles. The number of aryl methyl sites for hydroxylation is 1. The number of hydrogen-bond donors (Lipinski definition) is 0. The molecule has 82 valence electrons. The van der Waals surface area contributed by atoms with Crippen LogP contribution in [0.15, 0.2) is 30.5 Å². The van der Waals surface area contributed by atoms with E-state index in [4.69, 9.17) is 0 Å². The quantitative estimate of drug-likeness (QED) is 0.735. The van der Waals surface area contributed by atoms with Crippen molar-refractivity contribution in [1.29, 1.82) is 0 Å². The van der Waals surface area contributed by atoms with E-state index in [0.29, 0.717) is 12.1 Å². The van der Waals surface area contributed by atoms with Crippen molar-refractivity contribution in [2.75, 3.05) is 0 Å². The number of aldehydes is 1. The average Bonchev–Trinajstić information content (AvgIpc) is 2.63. The fourth-order valence-corrected chi connectivity index (χ4v) is 1.68. The van der Waals surface area contributed by atoms with E-state index >= 15 is 0 Å². The molecule has 2 rings (SSSR count). The minimum atomic E-state index is 0.661. The highest BCUT2D eigenvalue weighted by Crippen LogP contribution is 2.11. The fourth-order valence-electron chi connectivity index (χ4n) is 1.68. The third-order valence-corrected chi connectivity index (χ3v) is 2.85. The van der Waals surface area contributed by atoms with Gasteiger partial charge in [-0.15, -0.1) is 0 Å². The van der Waals surface area contributed by atoms with Gasteiger partial charge in [-0.05, 0) is 25.0 Å². The maximum absolute atomic E-state index is 10.7. The van der Waals surface area contributed by atoms with Crippen molar-refractivity contribution in [2.24, 2.45) is 0 Å². The first-order valence-corrected chi connectivity index (χ1v) is 5.24. The molecule has 0 fully saturated rings. The van der Waals surface area contributed by atoms with E-state index in [1.54, 1.807) is 6.20 Å². The molecule has 2 aromatic rings. The van der Waals surface area contributed by atoms with E-state index in [1.807, 2.05) is 23.7 Å². The molecule has 0 spiro atoms. The molecule has 1 heterocycles. The summed E-state index contributed by atoms with van der Waals surface area (Å²) in [7, 11) is 0.